The Morgan fingerprint density at radius 3 is 2.59 bits per heavy atom. The molecule has 0 bridgehead atoms. The lowest BCUT2D eigenvalue weighted by Crippen LogP contribution is -2.31. The molecule has 1 aliphatic carbocycles. The van der Waals surface area contributed by atoms with E-state index in [1.165, 1.54) is 33.3 Å². The minimum Gasteiger partial charge on any atom is -0.325 e. The molecule has 1 saturated carbocycles. The molecule has 4 rings (SSSR count). The highest BCUT2D eigenvalue weighted by atomic mass is 19.4. The van der Waals surface area contributed by atoms with Crippen LogP contribution in [0.3, 0.4) is 0 Å². The number of nitrogens with zero attached hydrogens (tertiary/aromatic N) is 3. The number of imidazole rings is 1. The Hall–Kier alpha value is -2.34. The van der Waals surface area contributed by atoms with E-state index < -0.39 is 12.7 Å². The van der Waals surface area contributed by atoms with Gasteiger partial charge in [-0.2, -0.15) is 13.2 Å². The van der Waals surface area contributed by atoms with E-state index in [0.717, 1.165) is 12.8 Å². The number of hydrogen-bond donors (Lipinski definition) is 0. The second kappa shape index (κ2) is 7.00. The summed E-state index contributed by atoms with van der Waals surface area (Å²) in [5.41, 5.74) is 1.18. The number of alkyl halides is 3. The van der Waals surface area contributed by atoms with Gasteiger partial charge in [0, 0.05) is 24.5 Å². The van der Waals surface area contributed by atoms with Crippen molar-refractivity contribution in [3.05, 3.63) is 66.2 Å². The Labute approximate surface area is 156 Å². The Kier molecular flexibility index (Phi) is 4.68. The Bertz CT molecular complexity index is 928. The SMILES string of the molecule is CC(c1ccc2ccccc2c1)N(Cc1nccn1CC(F)(F)F)C1CC1. The van der Waals surface area contributed by atoms with Crippen molar-refractivity contribution in [2.75, 3.05) is 0 Å². The van der Waals surface area contributed by atoms with E-state index in [1.807, 2.05) is 12.1 Å². The summed E-state index contributed by atoms with van der Waals surface area (Å²) < 4.78 is 39.7. The van der Waals surface area contributed by atoms with Crippen LogP contribution in [-0.2, 0) is 13.1 Å². The zero-order valence-corrected chi connectivity index (χ0v) is 15.2. The van der Waals surface area contributed by atoms with Crippen LogP contribution in [0.2, 0.25) is 0 Å². The van der Waals surface area contributed by atoms with Gasteiger partial charge >= 0.3 is 6.18 Å². The maximum absolute atomic E-state index is 12.8. The number of halogens is 3. The van der Waals surface area contributed by atoms with E-state index in [0.29, 0.717) is 18.4 Å². The average molecular weight is 373 g/mol. The molecular weight excluding hydrogens is 351 g/mol. The molecule has 3 aromatic rings. The Morgan fingerprint density at radius 2 is 1.89 bits per heavy atom. The summed E-state index contributed by atoms with van der Waals surface area (Å²) in [5, 5.41) is 2.36. The molecule has 1 atom stereocenters. The van der Waals surface area contributed by atoms with Gasteiger partial charge in [-0.05, 0) is 42.2 Å². The van der Waals surface area contributed by atoms with Gasteiger partial charge in [-0.15, -0.1) is 0 Å². The molecule has 1 aromatic heterocycles. The first kappa shape index (κ1) is 18.0. The van der Waals surface area contributed by atoms with Crippen molar-refractivity contribution in [3.63, 3.8) is 0 Å². The molecule has 0 aliphatic heterocycles. The summed E-state index contributed by atoms with van der Waals surface area (Å²) in [6.45, 7) is 1.55. The van der Waals surface area contributed by atoms with Gasteiger partial charge in [0.2, 0.25) is 0 Å². The fraction of sp³-hybridized carbons (Fsp3) is 0.381. The van der Waals surface area contributed by atoms with E-state index >= 15 is 0 Å². The molecule has 27 heavy (non-hydrogen) atoms. The maximum Gasteiger partial charge on any atom is 0.406 e. The van der Waals surface area contributed by atoms with Crippen LogP contribution in [0.25, 0.3) is 10.8 Å². The van der Waals surface area contributed by atoms with Gasteiger partial charge in [-0.3, -0.25) is 4.90 Å². The third-order valence-electron chi connectivity index (χ3n) is 5.24. The number of rotatable bonds is 6. The van der Waals surface area contributed by atoms with Crippen LogP contribution in [0.1, 0.15) is 37.2 Å². The van der Waals surface area contributed by atoms with Crippen molar-refractivity contribution in [1.29, 1.82) is 0 Å². The molecule has 1 heterocycles. The first-order valence-corrected chi connectivity index (χ1v) is 9.22. The number of benzene rings is 2. The third kappa shape index (κ3) is 4.16. The van der Waals surface area contributed by atoms with E-state index in [4.69, 9.17) is 0 Å². The van der Waals surface area contributed by atoms with Crippen LogP contribution in [0, 0.1) is 0 Å². The molecule has 1 fully saturated rings. The largest absolute Gasteiger partial charge is 0.406 e. The van der Waals surface area contributed by atoms with Crippen molar-refractivity contribution < 1.29 is 13.2 Å². The highest BCUT2D eigenvalue weighted by Crippen LogP contribution is 2.36. The van der Waals surface area contributed by atoms with Gasteiger partial charge in [0.25, 0.3) is 0 Å². The smallest absolute Gasteiger partial charge is 0.325 e. The summed E-state index contributed by atoms with van der Waals surface area (Å²) in [6, 6.07) is 15.1. The predicted octanol–water partition coefficient (Wildman–Crippen LogP) is 5.32. The normalized spacial score (nSPS) is 16.2. The van der Waals surface area contributed by atoms with Gasteiger partial charge in [-0.1, -0.05) is 36.4 Å². The van der Waals surface area contributed by atoms with E-state index in [2.05, 4.69) is 47.1 Å². The first-order chi connectivity index (χ1) is 12.9. The van der Waals surface area contributed by atoms with E-state index in [9.17, 15) is 13.2 Å². The molecule has 0 amide bonds. The summed E-state index contributed by atoms with van der Waals surface area (Å²) in [4.78, 5) is 6.47. The third-order valence-corrected chi connectivity index (χ3v) is 5.24. The van der Waals surface area contributed by atoms with Gasteiger partial charge in [0.1, 0.15) is 12.4 Å². The molecular formula is C21H22F3N3. The van der Waals surface area contributed by atoms with Crippen LogP contribution in [0.15, 0.2) is 54.9 Å². The molecule has 2 aromatic carbocycles. The van der Waals surface area contributed by atoms with Gasteiger partial charge in [0.15, 0.2) is 0 Å². The number of aromatic nitrogens is 2. The van der Waals surface area contributed by atoms with Crippen LogP contribution in [-0.4, -0.2) is 26.7 Å². The van der Waals surface area contributed by atoms with Crippen molar-refractivity contribution in [2.24, 2.45) is 0 Å². The average Bonchev–Trinajstić information content (AvgIpc) is 3.39. The summed E-state index contributed by atoms with van der Waals surface area (Å²) in [5.74, 6) is 0.465. The van der Waals surface area contributed by atoms with Crippen molar-refractivity contribution in [2.45, 2.75) is 51.1 Å². The van der Waals surface area contributed by atoms with Crippen LogP contribution >= 0.6 is 0 Å². The van der Waals surface area contributed by atoms with E-state index in [-0.39, 0.29) is 6.04 Å². The maximum atomic E-state index is 12.8. The molecule has 0 spiro atoms. The zero-order valence-electron chi connectivity index (χ0n) is 15.2. The standard InChI is InChI=1S/C21H22F3N3/c1-15(17-7-6-16-4-2-3-5-18(16)12-17)27(19-8-9-19)13-20-25-10-11-26(20)14-21(22,23)24/h2-7,10-12,15,19H,8-9,13-14H2,1H3. The molecule has 0 saturated heterocycles. The van der Waals surface area contributed by atoms with Crippen LogP contribution < -0.4 is 0 Å². The highest BCUT2D eigenvalue weighted by molar-refractivity contribution is 5.83. The number of fused-ring (bicyclic) bond motifs is 1. The fourth-order valence-corrected chi connectivity index (χ4v) is 3.64. The lowest BCUT2D eigenvalue weighted by Gasteiger charge is -2.29. The molecule has 0 N–H and O–H groups in total. The topological polar surface area (TPSA) is 21.1 Å². The van der Waals surface area contributed by atoms with Crippen LogP contribution in [0.4, 0.5) is 13.2 Å². The summed E-state index contributed by atoms with van der Waals surface area (Å²) in [6.07, 6.45) is 0.779. The van der Waals surface area contributed by atoms with Gasteiger partial charge < -0.3 is 4.57 Å². The molecule has 6 heteroatoms. The zero-order chi connectivity index (χ0) is 19.0. The fourth-order valence-electron chi connectivity index (χ4n) is 3.64. The summed E-state index contributed by atoms with van der Waals surface area (Å²) >= 11 is 0. The first-order valence-electron chi connectivity index (χ1n) is 9.22. The Balaban J connectivity index is 1.58. The molecule has 0 radical (unpaired) electrons. The lowest BCUT2D eigenvalue weighted by molar-refractivity contribution is -0.141. The Morgan fingerprint density at radius 1 is 1.15 bits per heavy atom. The second-order valence-corrected chi connectivity index (χ2v) is 7.27. The van der Waals surface area contributed by atoms with Gasteiger partial charge in [-0.25, -0.2) is 4.98 Å². The molecule has 142 valence electrons. The quantitative estimate of drug-likeness (QED) is 0.583. The van der Waals surface area contributed by atoms with E-state index in [1.54, 1.807) is 0 Å². The lowest BCUT2D eigenvalue weighted by atomic mass is 10.0. The minimum atomic E-state index is -4.25. The molecule has 1 unspecified atom stereocenters. The minimum absolute atomic E-state index is 0.109. The predicted molar refractivity (Wildman–Crippen MR) is 99.2 cm³/mol. The second-order valence-electron chi connectivity index (χ2n) is 7.27. The highest BCUT2D eigenvalue weighted by Gasteiger charge is 2.35. The molecule has 3 nitrogen and oxygen atoms in total. The number of hydrogen-bond acceptors (Lipinski definition) is 2. The van der Waals surface area contributed by atoms with Crippen LogP contribution in [0.5, 0.6) is 0 Å². The summed E-state index contributed by atoms with van der Waals surface area (Å²) in [7, 11) is 0. The van der Waals surface area contributed by atoms with Crippen molar-refractivity contribution in [1.82, 2.24) is 14.5 Å². The monoisotopic (exact) mass is 373 g/mol. The van der Waals surface area contributed by atoms with Gasteiger partial charge in [0.05, 0.1) is 6.54 Å². The molecule has 1 aliphatic rings. The van der Waals surface area contributed by atoms with Crippen molar-refractivity contribution in [3.8, 4) is 0 Å². The van der Waals surface area contributed by atoms with Crippen molar-refractivity contribution >= 4 is 10.8 Å².